The Hall–Kier alpha value is -6.92. The largest absolute Gasteiger partial charge is 0.481 e. The van der Waals surface area contributed by atoms with Crippen molar-refractivity contribution in [3.05, 3.63) is 81.9 Å². The van der Waals surface area contributed by atoms with Gasteiger partial charge in [-0.05, 0) is 61.4 Å². The van der Waals surface area contributed by atoms with Gasteiger partial charge in [-0.2, -0.15) is 4.98 Å². The van der Waals surface area contributed by atoms with Crippen molar-refractivity contribution in [3.63, 3.8) is 0 Å². The number of fused-ring (bicyclic) bond motifs is 1. The first-order valence-corrected chi connectivity index (χ1v) is 14.8. The lowest BCUT2D eigenvalue weighted by atomic mass is 9.89. The molecule has 2 aromatic heterocycles. The van der Waals surface area contributed by atoms with Crippen molar-refractivity contribution in [2.45, 2.75) is 37.9 Å². The topological polar surface area (TPSA) is 323 Å². The van der Waals surface area contributed by atoms with E-state index in [1.807, 2.05) is 0 Å². The smallest absolute Gasteiger partial charge is 0.326 e. The molecular weight excluding hydrogens is 658 g/mol. The van der Waals surface area contributed by atoms with Crippen molar-refractivity contribution in [2.24, 2.45) is 5.92 Å². The number of carbonyl (C=O) groups is 6. The van der Waals surface area contributed by atoms with Crippen LogP contribution in [0.4, 0.5) is 17.3 Å². The zero-order chi connectivity index (χ0) is 36.5. The molecule has 2 heterocycles. The molecule has 11 N–H and O–H groups in total. The van der Waals surface area contributed by atoms with Crippen molar-refractivity contribution >= 4 is 64.0 Å². The molecule has 0 bridgehead atoms. The summed E-state index contributed by atoms with van der Waals surface area (Å²) in [6, 6.07) is 7.73. The van der Waals surface area contributed by atoms with Gasteiger partial charge in [-0.25, -0.2) is 14.8 Å². The number of aliphatic carboxylic acids is 3. The van der Waals surface area contributed by atoms with Gasteiger partial charge in [-0.1, -0.05) is 0 Å². The van der Waals surface area contributed by atoms with Crippen LogP contribution < -0.4 is 33.0 Å². The second-order valence-electron chi connectivity index (χ2n) is 10.9. The third kappa shape index (κ3) is 9.33. The summed E-state index contributed by atoms with van der Waals surface area (Å²) in [5.41, 5.74) is 11.9. The fraction of sp³-hybridized carbons (Fsp3) is 0.226. The molecule has 4 aromatic rings. The molecule has 50 heavy (non-hydrogen) atoms. The number of aromatic amines is 1. The summed E-state index contributed by atoms with van der Waals surface area (Å²) in [5, 5.41) is 36.4. The quantitative estimate of drug-likeness (QED) is 0.0552. The van der Waals surface area contributed by atoms with Gasteiger partial charge in [0.2, 0.25) is 5.95 Å². The molecule has 0 radical (unpaired) electrons. The van der Waals surface area contributed by atoms with Gasteiger partial charge in [0.05, 0.1) is 24.5 Å². The fourth-order valence-corrected chi connectivity index (χ4v) is 4.70. The van der Waals surface area contributed by atoms with Crippen molar-refractivity contribution in [1.29, 1.82) is 0 Å². The van der Waals surface area contributed by atoms with Gasteiger partial charge in [0.15, 0.2) is 16.9 Å². The summed E-state index contributed by atoms with van der Waals surface area (Å²) < 4.78 is 0. The van der Waals surface area contributed by atoms with Crippen LogP contribution in [-0.4, -0.2) is 82.8 Å². The number of aromatic nitrogens is 4. The number of nitrogens with two attached hydrogens (primary N) is 2. The maximum Gasteiger partial charge on any atom is 0.326 e. The van der Waals surface area contributed by atoms with E-state index < -0.39 is 78.3 Å². The average Bonchev–Trinajstić information content (AvgIpc) is 3.07. The number of ketones is 1. The van der Waals surface area contributed by atoms with Crippen LogP contribution in [0.2, 0.25) is 0 Å². The number of nitrogens with zero attached hydrogens (tertiary/aromatic N) is 3. The van der Waals surface area contributed by atoms with E-state index in [9.17, 15) is 43.8 Å². The van der Waals surface area contributed by atoms with Crippen molar-refractivity contribution < 1.29 is 44.1 Å². The minimum Gasteiger partial charge on any atom is -0.481 e. The molecule has 0 fully saturated rings. The van der Waals surface area contributed by atoms with Crippen molar-refractivity contribution in [3.8, 4) is 0 Å². The summed E-state index contributed by atoms with van der Waals surface area (Å²) >= 11 is 0. The summed E-state index contributed by atoms with van der Waals surface area (Å²) in [5.74, 6) is -9.72. The number of anilines is 3. The standard InChI is InChI=1S/C31H31N9O10/c32-16-5-1-14(2-6-16)26(44)37-20(9-10-22(41)42)24(43)19(29(47)48)11-21(30(49)50)38-27(45)15-3-7-17(8-4-15)34-12-18-13-35-25-23(36-18)28(46)40-31(33)39-25/h1-8,13,19-21,34H,9-12,32H2,(H,37,44)(H,38,45)(H,41,42)(H,47,48)(H,49,50)(H3,33,35,39,40,46). The molecule has 0 saturated heterocycles. The molecule has 2 amide bonds. The third-order valence-electron chi connectivity index (χ3n) is 7.29. The molecular formula is C31H31N9O10. The first-order valence-electron chi connectivity index (χ1n) is 14.8. The summed E-state index contributed by atoms with van der Waals surface area (Å²) in [7, 11) is 0. The van der Waals surface area contributed by atoms with Crippen LogP contribution in [0.15, 0.2) is 59.5 Å². The van der Waals surface area contributed by atoms with Crippen LogP contribution in [-0.2, 0) is 25.7 Å². The van der Waals surface area contributed by atoms with Crippen LogP contribution in [0.3, 0.4) is 0 Å². The first kappa shape index (κ1) is 35.9. The lowest BCUT2D eigenvalue weighted by molar-refractivity contribution is -0.148. The monoisotopic (exact) mass is 689 g/mol. The zero-order valence-corrected chi connectivity index (χ0v) is 26.0. The molecule has 2 aromatic carbocycles. The molecule has 0 saturated carbocycles. The highest BCUT2D eigenvalue weighted by Crippen LogP contribution is 2.17. The number of nitrogens with one attached hydrogen (secondary N) is 4. The second-order valence-corrected chi connectivity index (χ2v) is 10.9. The van der Waals surface area contributed by atoms with Gasteiger partial charge in [0, 0.05) is 28.9 Å². The van der Waals surface area contributed by atoms with Gasteiger partial charge in [0.25, 0.3) is 17.4 Å². The Morgan fingerprint density at radius 2 is 1.40 bits per heavy atom. The zero-order valence-electron chi connectivity index (χ0n) is 26.0. The van der Waals surface area contributed by atoms with E-state index in [1.54, 1.807) is 0 Å². The number of hydrogen-bond acceptors (Lipinski definition) is 13. The Morgan fingerprint density at radius 3 is 1.98 bits per heavy atom. The van der Waals surface area contributed by atoms with E-state index in [4.69, 9.17) is 16.6 Å². The number of carbonyl (C=O) groups excluding carboxylic acids is 3. The molecule has 0 aliphatic heterocycles. The predicted octanol–water partition coefficient (Wildman–Crippen LogP) is -0.00400. The van der Waals surface area contributed by atoms with E-state index >= 15 is 0 Å². The Bertz CT molecular complexity index is 2000. The lowest BCUT2D eigenvalue weighted by Crippen LogP contribution is -2.49. The molecule has 3 unspecified atom stereocenters. The highest BCUT2D eigenvalue weighted by molar-refractivity contribution is 6.05. The molecule has 3 atom stereocenters. The van der Waals surface area contributed by atoms with E-state index in [1.165, 1.54) is 54.7 Å². The second kappa shape index (κ2) is 15.8. The van der Waals surface area contributed by atoms with Gasteiger partial charge >= 0.3 is 17.9 Å². The highest BCUT2D eigenvalue weighted by atomic mass is 16.4. The number of carboxylic acid groups (broad SMARTS) is 3. The van der Waals surface area contributed by atoms with Crippen LogP contribution in [0.5, 0.6) is 0 Å². The van der Waals surface area contributed by atoms with Gasteiger partial charge in [-0.15, -0.1) is 0 Å². The minimum absolute atomic E-state index is 0.00390. The Morgan fingerprint density at radius 1 is 0.800 bits per heavy atom. The number of benzene rings is 2. The van der Waals surface area contributed by atoms with E-state index in [0.29, 0.717) is 17.1 Å². The van der Waals surface area contributed by atoms with Crippen molar-refractivity contribution in [2.75, 3.05) is 16.8 Å². The molecule has 4 rings (SSSR count). The predicted molar refractivity (Wildman–Crippen MR) is 175 cm³/mol. The highest BCUT2D eigenvalue weighted by Gasteiger charge is 2.37. The third-order valence-corrected chi connectivity index (χ3v) is 7.29. The molecule has 19 heteroatoms. The number of rotatable bonds is 16. The van der Waals surface area contributed by atoms with Crippen LogP contribution >= 0.6 is 0 Å². The van der Waals surface area contributed by atoms with Crippen LogP contribution in [0, 0.1) is 5.92 Å². The van der Waals surface area contributed by atoms with Gasteiger partial charge in [0.1, 0.15) is 12.0 Å². The van der Waals surface area contributed by atoms with Crippen molar-refractivity contribution in [1.82, 2.24) is 30.6 Å². The SMILES string of the molecule is Nc1ccc(C(=O)NC(CCC(=O)O)C(=O)C(CC(NC(=O)c2ccc(NCc3cnc4nc(N)[nH]c(=O)c4n3)cc2)C(=O)O)C(=O)O)cc1. The summed E-state index contributed by atoms with van der Waals surface area (Å²) in [4.78, 5) is 101. The number of amides is 2. The number of Topliss-reactive ketones (excluding diaryl/α,β-unsaturated/α-hetero) is 1. The molecule has 19 nitrogen and oxygen atoms in total. The average molecular weight is 690 g/mol. The number of nitrogen functional groups attached to an aromatic ring is 2. The van der Waals surface area contributed by atoms with E-state index in [0.717, 1.165) is 0 Å². The van der Waals surface area contributed by atoms with Crippen LogP contribution in [0.1, 0.15) is 45.7 Å². The minimum atomic E-state index is -2.05. The van der Waals surface area contributed by atoms with Gasteiger partial charge in [-0.3, -0.25) is 33.8 Å². The normalized spacial score (nSPS) is 12.6. The molecule has 0 aliphatic carbocycles. The maximum absolute atomic E-state index is 13.4. The Balaban J connectivity index is 1.42. The van der Waals surface area contributed by atoms with E-state index in [-0.39, 0.29) is 34.8 Å². The Labute approximate surface area is 281 Å². The molecule has 260 valence electrons. The molecule has 0 spiro atoms. The number of H-pyrrole nitrogens is 1. The first-order chi connectivity index (χ1) is 23.7. The van der Waals surface area contributed by atoms with E-state index in [2.05, 4.69) is 35.9 Å². The fourth-order valence-electron chi connectivity index (χ4n) is 4.70. The van der Waals surface area contributed by atoms with Crippen LogP contribution in [0.25, 0.3) is 11.2 Å². The number of carboxylic acids is 3. The molecule has 0 aliphatic rings. The summed E-state index contributed by atoms with van der Waals surface area (Å²) in [6.07, 6.45) is -0.612. The Kier molecular flexibility index (Phi) is 11.3. The lowest BCUT2D eigenvalue weighted by Gasteiger charge is -2.23. The van der Waals surface area contributed by atoms with Gasteiger partial charge < -0.3 is 42.7 Å². The summed E-state index contributed by atoms with van der Waals surface area (Å²) in [6.45, 7) is 0.123. The number of hydrogen-bond donors (Lipinski definition) is 9. The maximum atomic E-state index is 13.4.